The fourth-order valence-corrected chi connectivity index (χ4v) is 2.77. The molecule has 0 radical (unpaired) electrons. The maximum Gasteiger partial charge on any atom is 0.180 e. The van der Waals surface area contributed by atoms with Crippen LogP contribution in [0.4, 0.5) is 11.5 Å². The Morgan fingerprint density at radius 3 is 3.00 bits per heavy atom. The predicted octanol–water partition coefficient (Wildman–Crippen LogP) is 2.57. The molecule has 4 N–H and O–H groups in total. The molecule has 2 aromatic heterocycles. The first kappa shape index (κ1) is 11.3. The molecule has 5 nitrogen and oxygen atoms in total. The van der Waals surface area contributed by atoms with Gasteiger partial charge in [0.1, 0.15) is 11.6 Å². The summed E-state index contributed by atoms with van der Waals surface area (Å²) in [4.78, 5) is 12.2. The van der Waals surface area contributed by atoms with Gasteiger partial charge >= 0.3 is 0 Å². The van der Waals surface area contributed by atoms with Crippen LogP contribution in [0.3, 0.4) is 0 Å². The van der Waals surface area contributed by atoms with Gasteiger partial charge in [0.25, 0.3) is 0 Å². The van der Waals surface area contributed by atoms with E-state index >= 15 is 0 Å². The van der Waals surface area contributed by atoms with Gasteiger partial charge in [-0.15, -0.1) is 0 Å². The van der Waals surface area contributed by atoms with Crippen LogP contribution in [0.15, 0.2) is 30.3 Å². The first-order valence-electron chi connectivity index (χ1n) is 6.79. The third kappa shape index (κ3) is 1.71. The molecule has 0 aliphatic carbocycles. The Balaban J connectivity index is 1.90. The lowest BCUT2D eigenvalue weighted by atomic mass is 9.97. The van der Waals surface area contributed by atoms with Crippen LogP contribution in [0, 0.1) is 0 Å². The number of aromatic amines is 1. The van der Waals surface area contributed by atoms with E-state index in [4.69, 9.17) is 5.73 Å². The summed E-state index contributed by atoms with van der Waals surface area (Å²) in [5, 5.41) is 3.44. The normalized spacial score (nSPS) is 14.0. The number of hydrogen-bond acceptors (Lipinski definition) is 4. The Kier molecular flexibility index (Phi) is 2.39. The molecule has 0 saturated heterocycles. The molecule has 0 atom stereocenters. The van der Waals surface area contributed by atoms with E-state index in [-0.39, 0.29) is 0 Å². The number of anilines is 2. The maximum absolute atomic E-state index is 5.71. The summed E-state index contributed by atoms with van der Waals surface area (Å²) < 4.78 is 0. The zero-order valence-corrected chi connectivity index (χ0v) is 11.0. The van der Waals surface area contributed by atoms with Crippen molar-refractivity contribution in [3.63, 3.8) is 0 Å². The minimum Gasteiger partial charge on any atom is -0.385 e. The van der Waals surface area contributed by atoms with Crippen molar-refractivity contribution in [2.24, 2.45) is 0 Å². The van der Waals surface area contributed by atoms with E-state index in [0.29, 0.717) is 11.5 Å². The van der Waals surface area contributed by atoms with Gasteiger partial charge < -0.3 is 16.0 Å². The summed E-state index contributed by atoms with van der Waals surface area (Å²) >= 11 is 0. The van der Waals surface area contributed by atoms with Crippen LogP contribution < -0.4 is 11.1 Å². The number of nitrogens with one attached hydrogen (secondary N) is 2. The number of nitrogens with zero attached hydrogens (tertiary/aromatic N) is 2. The minimum absolute atomic E-state index is 0.493. The van der Waals surface area contributed by atoms with Gasteiger partial charge in [-0.3, -0.25) is 0 Å². The van der Waals surface area contributed by atoms with Crippen LogP contribution in [0.1, 0.15) is 12.0 Å². The van der Waals surface area contributed by atoms with E-state index in [1.807, 2.05) is 6.07 Å². The average Bonchev–Trinajstić information content (AvgIpc) is 2.89. The number of H-pyrrole nitrogens is 1. The monoisotopic (exact) mass is 265 g/mol. The zero-order chi connectivity index (χ0) is 13.5. The number of fused-ring (bicyclic) bond motifs is 2. The van der Waals surface area contributed by atoms with Gasteiger partial charge in [-0.1, -0.05) is 12.1 Å². The molecule has 1 aromatic carbocycles. The number of nitrogen functional groups attached to an aromatic ring is 1. The van der Waals surface area contributed by atoms with Crippen LogP contribution in [-0.2, 0) is 6.42 Å². The second kappa shape index (κ2) is 4.23. The summed E-state index contributed by atoms with van der Waals surface area (Å²) in [6, 6.07) is 9.99. The summed E-state index contributed by atoms with van der Waals surface area (Å²) in [5.74, 6) is 1.35. The molecule has 20 heavy (non-hydrogen) atoms. The van der Waals surface area contributed by atoms with E-state index in [9.17, 15) is 0 Å². The fourth-order valence-electron chi connectivity index (χ4n) is 2.77. The van der Waals surface area contributed by atoms with Crippen molar-refractivity contribution in [3.05, 3.63) is 35.9 Å². The van der Waals surface area contributed by atoms with Crippen molar-refractivity contribution in [3.8, 4) is 11.4 Å². The van der Waals surface area contributed by atoms with Gasteiger partial charge in [-0.2, -0.15) is 0 Å². The standard InChI is InChI=1S/C15H15N5/c16-13-7-6-12-15(19-13)20-14(18-12)10-3-1-5-11-9(10)4-2-8-17-11/h1,3,5-7,17H,2,4,8H2,(H3,16,18,19,20). The lowest BCUT2D eigenvalue weighted by Crippen LogP contribution is -2.12. The van der Waals surface area contributed by atoms with E-state index in [1.165, 1.54) is 11.3 Å². The van der Waals surface area contributed by atoms with E-state index in [0.717, 1.165) is 36.3 Å². The second-order valence-corrected chi connectivity index (χ2v) is 5.05. The number of hydrogen-bond donors (Lipinski definition) is 3. The molecule has 0 spiro atoms. The molecule has 0 bridgehead atoms. The van der Waals surface area contributed by atoms with Crippen LogP contribution in [0.5, 0.6) is 0 Å². The summed E-state index contributed by atoms with van der Waals surface area (Å²) in [5.41, 5.74) is 11.0. The first-order chi connectivity index (χ1) is 9.81. The highest BCUT2D eigenvalue weighted by Crippen LogP contribution is 2.31. The lowest BCUT2D eigenvalue weighted by Gasteiger charge is -2.20. The number of aromatic nitrogens is 3. The highest BCUT2D eigenvalue weighted by atomic mass is 15.0. The Labute approximate surface area is 116 Å². The van der Waals surface area contributed by atoms with E-state index < -0.39 is 0 Å². The van der Waals surface area contributed by atoms with Crippen molar-refractivity contribution in [1.82, 2.24) is 15.0 Å². The largest absolute Gasteiger partial charge is 0.385 e. The van der Waals surface area contributed by atoms with Crippen LogP contribution >= 0.6 is 0 Å². The molecule has 100 valence electrons. The smallest absolute Gasteiger partial charge is 0.180 e. The van der Waals surface area contributed by atoms with Gasteiger partial charge in [0, 0.05) is 17.8 Å². The quantitative estimate of drug-likeness (QED) is 0.631. The first-order valence-corrected chi connectivity index (χ1v) is 6.79. The van der Waals surface area contributed by atoms with Crippen molar-refractivity contribution in [1.29, 1.82) is 0 Å². The lowest BCUT2D eigenvalue weighted by molar-refractivity contribution is 0.831. The summed E-state index contributed by atoms with van der Waals surface area (Å²) in [6.45, 7) is 1.04. The van der Waals surface area contributed by atoms with Crippen molar-refractivity contribution < 1.29 is 0 Å². The van der Waals surface area contributed by atoms with Crippen LogP contribution in [0.25, 0.3) is 22.6 Å². The molecule has 0 saturated carbocycles. The van der Waals surface area contributed by atoms with Crippen molar-refractivity contribution in [2.45, 2.75) is 12.8 Å². The minimum atomic E-state index is 0.493. The number of rotatable bonds is 1. The van der Waals surface area contributed by atoms with Crippen LogP contribution in [-0.4, -0.2) is 21.5 Å². The van der Waals surface area contributed by atoms with E-state index in [2.05, 4.69) is 38.5 Å². The number of benzene rings is 1. The predicted molar refractivity (Wildman–Crippen MR) is 80.5 cm³/mol. The molecule has 1 aliphatic rings. The Hall–Kier alpha value is -2.56. The highest BCUT2D eigenvalue weighted by molar-refractivity contribution is 5.80. The molecule has 5 heteroatoms. The zero-order valence-electron chi connectivity index (χ0n) is 11.0. The molecule has 3 heterocycles. The molecule has 1 aliphatic heterocycles. The molecule has 3 aromatic rings. The Morgan fingerprint density at radius 2 is 2.05 bits per heavy atom. The molecular formula is C15H15N5. The molecule has 0 fully saturated rings. The number of imidazole rings is 1. The third-order valence-corrected chi connectivity index (χ3v) is 3.72. The maximum atomic E-state index is 5.71. The molecule has 0 unspecified atom stereocenters. The van der Waals surface area contributed by atoms with Gasteiger partial charge in [-0.25, -0.2) is 9.97 Å². The molecular weight excluding hydrogens is 250 g/mol. The van der Waals surface area contributed by atoms with Crippen molar-refractivity contribution >= 4 is 22.7 Å². The summed E-state index contributed by atoms with van der Waals surface area (Å²) in [6.07, 6.45) is 2.22. The van der Waals surface area contributed by atoms with Gasteiger partial charge in [-0.05, 0) is 36.6 Å². The Bertz CT molecular complexity index is 790. The second-order valence-electron chi connectivity index (χ2n) is 5.05. The van der Waals surface area contributed by atoms with Crippen LogP contribution in [0.2, 0.25) is 0 Å². The number of nitrogens with two attached hydrogens (primary N) is 1. The van der Waals surface area contributed by atoms with E-state index in [1.54, 1.807) is 6.07 Å². The van der Waals surface area contributed by atoms with Gasteiger partial charge in [0.15, 0.2) is 5.65 Å². The molecule has 0 amide bonds. The van der Waals surface area contributed by atoms with Gasteiger partial charge in [0.2, 0.25) is 0 Å². The Morgan fingerprint density at radius 1 is 1.10 bits per heavy atom. The topological polar surface area (TPSA) is 79.6 Å². The SMILES string of the molecule is Nc1ccc2[nH]c(-c3cccc4c3CCCN4)nc2n1. The van der Waals surface area contributed by atoms with Crippen molar-refractivity contribution in [2.75, 3.05) is 17.6 Å². The van der Waals surface area contributed by atoms with Gasteiger partial charge in [0.05, 0.1) is 5.52 Å². The summed E-state index contributed by atoms with van der Waals surface area (Å²) in [7, 11) is 0. The highest BCUT2D eigenvalue weighted by Gasteiger charge is 2.16. The fraction of sp³-hybridized carbons (Fsp3) is 0.200. The third-order valence-electron chi connectivity index (χ3n) is 3.72. The average molecular weight is 265 g/mol. The molecule has 4 rings (SSSR count). The number of pyridine rings is 1.